The van der Waals surface area contributed by atoms with Crippen LogP contribution >= 0.6 is 0 Å². The Bertz CT molecular complexity index is 1070. The van der Waals surface area contributed by atoms with Crippen LogP contribution in [0.15, 0.2) is 51.7 Å². The van der Waals surface area contributed by atoms with Gasteiger partial charge in [-0.15, -0.1) is 0 Å². The molecule has 1 aromatic heterocycles. The molecule has 26 heavy (non-hydrogen) atoms. The Morgan fingerprint density at radius 3 is 2.38 bits per heavy atom. The van der Waals surface area contributed by atoms with Gasteiger partial charge < -0.3 is 9.73 Å². The summed E-state index contributed by atoms with van der Waals surface area (Å²) in [5.74, 6) is -1.29. The van der Waals surface area contributed by atoms with Gasteiger partial charge in [0.15, 0.2) is 11.2 Å². The summed E-state index contributed by atoms with van der Waals surface area (Å²) in [5.41, 5.74) is 0.121. The Kier molecular flexibility index (Phi) is 4.31. The Hall–Kier alpha value is -3.09. The zero-order valence-corrected chi connectivity index (χ0v) is 13.9. The molecular weight excluding hydrogens is 347 g/mol. The molecule has 0 aliphatic rings. The first-order valence-corrected chi connectivity index (χ1v) is 7.69. The molecule has 0 radical (unpaired) electrons. The second-order valence-electron chi connectivity index (χ2n) is 5.90. The fourth-order valence-electron chi connectivity index (χ4n) is 2.55. The third-order valence-electron chi connectivity index (χ3n) is 4.05. The monoisotopic (exact) mass is 361 g/mol. The van der Waals surface area contributed by atoms with E-state index in [1.165, 1.54) is 12.1 Å². The van der Waals surface area contributed by atoms with E-state index in [2.05, 4.69) is 5.32 Å². The van der Waals surface area contributed by atoms with Crippen LogP contribution in [0.3, 0.4) is 0 Å². The molecule has 0 spiro atoms. The molecule has 0 aliphatic carbocycles. The van der Waals surface area contributed by atoms with E-state index in [0.717, 1.165) is 29.3 Å². The van der Waals surface area contributed by atoms with Crippen LogP contribution in [-0.4, -0.2) is 5.91 Å². The maximum atomic E-state index is 13.0. The standard InChI is InChI=1S/C19H14F3NO3/c1-10-7-12-15(24)9-17(26-16(12)8-11(10)2)18(25)23-14-6-4-3-5-13(14)19(20,21)22/h3-9H,1-2H3,(H,23,25). The first-order chi connectivity index (χ1) is 12.2. The Morgan fingerprint density at radius 1 is 1.04 bits per heavy atom. The predicted molar refractivity (Wildman–Crippen MR) is 91.4 cm³/mol. The molecule has 0 unspecified atom stereocenters. The van der Waals surface area contributed by atoms with Crippen LogP contribution in [0, 0.1) is 13.8 Å². The largest absolute Gasteiger partial charge is 0.451 e. The van der Waals surface area contributed by atoms with Crippen LogP contribution < -0.4 is 10.7 Å². The smallest absolute Gasteiger partial charge is 0.418 e. The number of carbonyl (C=O) groups is 1. The number of amides is 1. The number of hydrogen-bond acceptors (Lipinski definition) is 3. The van der Waals surface area contributed by atoms with Crippen molar-refractivity contribution in [2.75, 3.05) is 5.32 Å². The fourth-order valence-corrected chi connectivity index (χ4v) is 2.55. The van der Waals surface area contributed by atoms with Gasteiger partial charge in [-0.2, -0.15) is 13.2 Å². The summed E-state index contributed by atoms with van der Waals surface area (Å²) in [4.78, 5) is 24.6. The molecule has 1 N–H and O–H groups in total. The van der Waals surface area contributed by atoms with Crippen LogP contribution in [0.2, 0.25) is 0 Å². The summed E-state index contributed by atoms with van der Waals surface area (Å²) >= 11 is 0. The Labute approximate surface area is 146 Å². The van der Waals surface area contributed by atoms with Crippen molar-refractivity contribution in [1.29, 1.82) is 0 Å². The van der Waals surface area contributed by atoms with Gasteiger partial charge in [0.2, 0.25) is 0 Å². The van der Waals surface area contributed by atoms with Crippen molar-refractivity contribution in [2.45, 2.75) is 20.0 Å². The first kappa shape index (κ1) is 17.7. The van der Waals surface area contributed by atoms with Crippen LogP contribution in [0.4, 0.5) is 18.9 Å². The Morgan fingerprint density at radius 2 is 1.69 bits per heavy atom. The number of carbonyl (C=O) groups excluding carboxylic acids is 1. The predicted octanol–water partition coefficient (Wildman–Crippen LogP) is 4.68. The second-order valence-corrected chi connectivity index (χ2v) is 5.90. The van der Waals surface area contributed by atoms with E-state index in [0.29, 0.717) is 5.39 Å². The lowest BCUT2D eigenvalue weighted by Gasteiger charge is -2.13. The van der Waals surface area contributed by atoms with Gasteiger partial charge in [-0.05, 0) is 49.2 Å². The van der Waals surface area contributed by atoms with Gasteiger partial charge in [-0.25, -0.2) is 0 Å². The minimum absolute atomic E-state index is 0.204. The van der Waals surface area contributed by atoms with Crippen molar-refractivity contribution in [3.05, 3.63) is 75.1 Å². The van der Waals surface area contributed by atoms with Crippen LogP contribution in [0.5, 0.6) is 0 Å². The summed E-state index contributed by atoms with van der Waals surface area (Å²) in [6.45, 7) is 3.66. The highest BCUT2D eigenvalue weighted by Gasteiger charge is 2.33. The van der Waals surface area contributed by atoms with Gasteiger partial charge in [0, 0.05) is 6.07 Å². The van der Waals surface area contributed by atoms with Crippen molar-refractivity contribution in [2.24, 2.45) is 0 Å². The number of rotatable bonds is 2. The normalized spacial score (nSPS) is 11.6. The van der Waals surface area contributed by atoms with E-state index in [1.54, 1.807) is 12.1 Å². The van der Waals surface area contributed by atoms with Crippen LogP contribution in [0.1, 0.15) is 27.2 Å². The summed E-state index contributed by atoms with van der Waals surface area (Å²) in [5, 5.41) is 2.47. The summed E-state index contributed by atoms with van der Waals surface area (Å²) < 4.78 is 44.5. The van der Waals surface area contributed by atoms with Gasteiger partial charge in [0.25, 0.3) is 5.91 Å². The SMILES string of the molecule is Cc1cc2oc(C(=O)Nc3ccccc3C(F)(F)F)cc(=O)c2cc1C. The summed E-state index contributed by atoms with van der Waals surface area (Å²) in [7, 11) is 0. The van der Waals surface area contributed by atoms with Gasteiger partial charge in [0.05, 0.1) is 16.6 Å². The van der Waals surface area contributed by atoms with E-state index in [-0.39, 0.29) is 11.3 Å². The van der Waals surface area contributed by atoms with Crippen molar-refractivity contribution in [3.63, 3.8) is 0 Å². The maximum absolute atomic E-state index is 13.0. The third-order valence-corrected chi connectivity index (χ3v) is 4.05. The molecule has 1 heterocycles. The van der Waals surface area contributed by atoms with Gasteiger partial charge in [-0.1, -0.05) is 12.1 Å². The minimum Gasteiger partial charge on any atom is -0.451 e. The molecular formula is C19H14F3NO3. The second kappa shape index (κ2) is 6.33. The molecule has 2 aromatic carbocycles. The molecule has 0 fully saturated rings. The van der Waals surface area contributed by atoms with E-state index < -0.39 is 28.8 Å². The first-order valence-electron chi connectivity index (χ1n) is 7.69. The number of nitrogens with one attached hydrogen (secondary N) is 1. The third kappa shape index (κ3) is 3.33. The fraction of sp³-hybridized carbons (Fsp3) is 0.158. The number of hydrogen-bond donors (Lipinski definition) is 1. The van der Waals surface area contributed by atoms with Crippen molar-refractivity contribution >= 4 is 22.6 Å². The van der Waals surface area contributed by atoms with Crippen molar-refractivity contribution in [1.82, 2.24) is 0 Å². The molecule has 3 rings (SSSR count). The van der Waals surface area contributed by atoms with Gasteiger partial charge in [0.1, 0.15) is 5.58 Å². The molecule has 0 aliphatic heterocycles. The number of aryl methyl sites for hydroxylation is 2. The number of anilines is 1. The Balaban J connectivity index is 2.02. The van der Waals surface area contributed by atoms with Crippen molar-refractivity contribution < 1.29 is 22.4 Å². The van der Waals surface area contributed by atoms with Crippen molar-refractivity contribution in [3.8, 4) is 0 Å². The van der Waals surface area contributed by atoms with Gasteiger partial charge in [-0.3, -0.25) is 9.59 Å². The molecule has 0 bridgehead atoms. The number of halogens is 3. The van der Waals surface area contributed by atoms with Crippen LogP contribution in [0.25, 0.3) is 11.0 Å². The minimum atomic E-state index is -4.62. The average molecular weight is 361 g/mol. The summed E-state index contributed by atoms with van der Waals surface area (Å²) in [6, 6.07) is 8.82. The molecule has 0 atom stereocenters. The van der Waals surface area contributed by atoms with Crippen LogP contribution in [-0.2, 0) is 6.18 Å². The lowest BCUT2D eigenvalue weighted by Crippen LogP contribution is -2.18. The molecule has 1 amide bonds. The number of para-hydroxylation sites is 1. The highest BCUT2D eigenvalue weighted by Crippen LogP contribution is 2.34. The zero-order valence-electron chi connectivity index (χ0n) is 13.9. The quantitative estimate of drug-likeness (QED) is 0.721. The van der Waals surface area contributed by atoms with E-state index in [1.807, 2.05) is 13.8 Å². The molecule has 0 saturated heterocycles. The molecule has 0 saturated carbocycles. The topological polar surface area (TPSA) is 59.3 Å². The van der Waals surface area contributed by atoms with E-state index in [4.69, 9.17) is 4.42 Å². The molecule has 4 nitrogen and oxygen atoms in total. The lowest BCUT2D eigenvalue weighted by atomic mass is 10.1. The summed E-state index contributed by atoms with van der Waals surface area (Å²) in [6.07, 6.45) is -4.62. The zero-order chi connectivity index (χ0) is 19.1. The number of fused-ring (bicyclic) bond motifs is 1. The van der Waals surface area contributed by atoms with E-state index in [9.17, 15) is 22.8 Å². The maximum Gasteiger partial charge on any atom is 0.418 e. The average Bonchev–Trinajstić information content (AvgIpc) is 2.56. The molecule has 134 valence electrons. The number of alkyl halides is 3. The highest BCUT2D eigenvalue weighted by atomic mass is 19.4. The molecule has 3 aromatic rings. The van der Waals surface area contributed by atoms with E-state index >= 15 is 0 Å². The lowest BCUT2D eigenvalue weighted by molar-refractivity contribution is -0.136. The molecule has 7 heteroatoms. The number of benzene rings is 2. The highest BCUT2D eigenvalue weighted by molar-refractivity contribution is 6.03. The van der Waals surface area contributed by atoms with Gasteiger partial charge >= 0.3 is 6.18 Å².